The van der Waals surface area contributed by atoms with Crippen LogP contribution in [0.25, 0.3) is 0 Å². The van der Waals surface area contributed by atoms with Crippen LogP contribution in [-0.4, -0.2) is 37.2 Å². The summed E-state index contributed by atoms with van der Waals surface area (Å²) in [4.78, 5) is 38.3. The third-order valence-electron chi connectivity index (χ3n) is 14.3. The number of carbonyl (C=O) groups excluding carboxylic acids is 3. The highest BCUT2D eigenvalue weighted by molar-refractivity contribution is 5.71. The maximum atomic E-state index is 12.9. The van der Waals surface area contributed by atoms with Crippen LogP contribution in [0.4, 0.5) is 0 Å². The van der Waals surface area contributed by atoms with Gasteiger partial charge in [0.2, 0.25) is 0 Å². The van der Waals surface area contributed by atoms with Crippen molar-refractivity contribution in [3.8, 4) is 0 Å². The number of esters is 3. The zero-order chi connectivity index (χ0) is 56.4. The Kier molecular flexibility index (Phi) is 62.7. The normalized spacial score (nSPS) is 12.7. The first-order valence-corrected chi connectivity index (χ1v) is 33.2. The van der Waals surface area contributed by atoms with Crippen molar-refractivity contribution >= 4 is 17.9 Å². The van der Waals surface area contributed by atoms with Crippen molar-refractivity contribution in [2.24, 2.45) is 0 Å². The molecular formula is C72H124O6. The van der Waals surface area contributed by atoms with E-state index in [-0.39, 0.29) is 31.1 Å². The average Bonchev–Trinajstić information content (AvgIpc) is 3.44. The summed E-state index contributed by atoms with van der Waals surface area (Å²) in [5.74, 6) is -0.896. The molecule has 0 aromatic heterocycles. The van der Waals surface area contributed by atoms with Crippen LogP contribution in [0.15, 0.2) is 97.2 Å². The van der Waals surface area contributed by atoms with E-state index in [0.717, 1.165) is 116 Å². The SMILES string of the molecule is CC/C=C\C/C=C\C/C=C\C/C=C\CCCCCCCCCCCCCCCCC(=O)OCC(COC(=O)CCCCCCC/C=C\CCCCC)OC(=O)CCCCCCCC/C=C\C/C=C\C/C=C\CCCCCCC. The highest BCUT2D eigenvalue weighted by Crippen LogP contribution is 2.16. The van der Waals surface area contributed by atoms with Gasteiger partial charge in [-0.1, -0.05) is 279 Å². The van der Waals surface area contributed by atoms with Crippen LogP contribution in [0.5, 0.6) is 0 Å². The van der Waals surface area contributed by atoms with Gasteiger partial charge in [0.25, 0.3) is 0 Å². The molecule has 6 heteroatoms. The molecular weight excluding hydrogens is 961 g/mol. The summed E-state index contributed by atoms with van der Waals surface area (Å²) in [6, 6.07) is 0. The van der Waals surface area contributed by atoms with Crippen molar-refractivity contribution in [3.63, 3.8) is 0 Å². The molecule has 0 aromatic rings. The van der Waals surface area contributed by atoms with Gasteiger partial charge in [-0.2, -0.15) is 0 Å². The molecule has 0 radical (unpaired) electrons. The van der Waals surface area contributed by atoms with E-state index < -0.39 is 6.10 Å². The molecule has 0 N–H and O–H groups in total. The van der Waals surface area contributed by atoms with Gasteiger partial charge in [0.15, 0.2) is 6.10 Å². The predicted octanol–water partition coefficient (Wildman–Crippen LogP) is 22.8. The van der Waals surface area contributed by atoms with E-state index in [2.05, 4.69) is 118 Å². The first-order valence-electron chi connectivity index (χ1n) is 33.2. The maximum absolute atomic E-state index is 12.9. The largest absolute Gasteiger partial charge is 0.462 e. The number of carbonyl (C=O) groups is 3. The fourth-order valence-corrected chi connectivity index (χ4v) is 9.32. The molecule has 0 amide bonds. The minimum atomic E-state index is -0.789. The van der Waals surface area contributed by atoms with Crippen LogP contribution in [0.1, 0.15) is 323 Å². The minimum absolute atomic E-state index is 0.0844. The number of ether oxygens (including phenoxy) is 3. The lowest BCUT2D eigenvalue weighted by Crippen LogP contribution is -2.30. The van der Waals surface area contributed by atoms with Gasteiger partial charge in [-0.15, -0.1) is 0 Å². The Morgan fingerprint density at radius 2 is 0.500 bits per heavy atom. The van der Waals surface area contributed by atoms with Crippen LogP contribution in [0.2, 0.25) is 0 Å². The monoisotopic (exact) mass is 1080 g/mol. The molecule has 0 aliphatic heterocycles. The lowest BCUT2D eigenvalue weighted by Gasteiger charge is -2.18. The van der Waals surface area contributed by atoms with E-state index in [0.29, 0.717) is 19.3 Å². The molecule has 1 unspecified atom stereocenters. The molecule has 0 saturated heterocycles. The zero-order valence-corrected chi connectivity index (χ0v) is 51.4. The van der Waals surface area contributed by atoms with Crippen molar-refractivity contribution in [2.45, 2.75) is 329 Å². The van der Waals surface area contributed by atoms with E-state index in [1.54, 1.807) is 0 Å². The summed E-state index contributed by atoms with van der Waals surface area (Å²) in [7, 11) is 0. The van der Waals surface area contributed by atoms with Gasteiger partial charge in [-0.05, 0) is 122 Å². The fourth-order valence-electron chi connectivity index (χ4n) is 9.32. The Bertz CT molecular complexity index is 1530. The summed E-state index contributed by atoms with van der Waals surface area (Å²) in [5.41, 5.74) is 0. The first kappa shape index (κ1) is 74.3. The Balaban J connectivity index is 4.29. The Labute approximate surface area is 483 Å². The summed E-state index contributed by atoms with van der Waals surface area (Å²) in [6.45, 7) is 6.50. The number of hydrogen-bond acceptors (Lipinski definition) is 6. The van der Waals surface area contributed by atoms with E-state index in [1.807, 2.05) is 0 Å². The second-order valence-corrected chi connectivity index (χ2v) is 22.0. The molecule has 0 saturated carbocycles. The standard InChI is InChI=1S/C72H124O6/c1-4-7-10-13-16-19-22-25-27-29-31-33-34-35-36-37-38-40-41-43-45-47-50-53-56-59-62-65-71(74)77-68-69(67-76-70(73)64-61-58-55-52-49-24-21-18-15-12-9-6-3)78-72(75)66-63-60-57-54-51-48-46-44-42-39-32-30-28-26-23-20-17-14-11-8-5-2/h7,10,16,18-19,21,23,25-27,30-33,42,44,69H,4-6,8-9,11-15,17,20,22,24,28-29,34-41,43,45-68H2,1-3H3/b10-7-,19-16-,21-18-,26-23-,27-25-,32-30-,33-31-,44-42-. The Morgan fingerprint density at radius 1 is 0.269 bits per heavy atom. The Morgan fingerprint density at radius 3 is 0.821 bits per heavy atom. The maximum Gasteiger partial charge on any atom is 0.306 e. The second-order valence-electron chi connectivity index (χ2n) is 22.0. The van der Waals surface area contributed by atoms with Gasteiger partial charge in [0.05, 0.1) is 0 Å². The molecule has 0 fully saturated rings. The molecule has 0 rings (SSSR count). The summed E-state index contributed by atoms with van der Waals surface area (Å²) < 4.78 is 16.9. The smallest absolute Gasteiger partial charge is 0.306 e. The molecule has 0 aliphatic carbocycles. The molecule has 0 aliphatic rings. The van der Waals surface area contributed by atoms with E-state index in [4.69, 9.17) is 14.2 Å². The van der Waals surface area contributed by atoms with Crippen molar-refractivity contribution in [1.82, 2.24) is 0 Å². The van der Waals surface area contributed by atoms with Crippen molar-refractivity contribution in [2.75, 3.05) is 13.2 Å². The van der Waals surface area contributed by atoms with E-state index in [9.17, 15) is 14.4 Å². The summed E-state index contributed by atoms with van der Waals surface area (Å²) >= 11 is 0. The topological polar surface area (TPSA) is 78.9 Å². The summed E-state index contributed by atoms with van der Waals surface area (Å²) in [5, 5.41) is 0. The third kappa shape index (κ3) is 63.2. The zero-order valence-electron chi connectivity index (χ0n) is 51.4. The quantitative estimate of drug-likeness (QED) is 0.0261. The molecule has 0 bridgehead atoms. The van der Waals surface area contributed by atoms with Crippen molar-refractivity contribution in [1.29, 1.82) is 0 Å². The molecule has 6 nitrogen and oxygen atoms in total. The number of rotatable bonds is 60. The third-order valence-corrected chi connectivity index (χ3v) is 14.3. The van der Waals surface area contributed by atoms with E-state index >= 15 is 0 Å². The van der Waals surface area contributed by atoms with Crippen LogP contribution in [0.3, 0.4) is 0 Å². The van der Waals surface area contributed by atoms with Crippen LogP contribution >= 0.6 is 0 Å². The van der Waals surface area contributed by atoms with Gasteiger partial charge in [-0.25, -0.2) is 0 Å². The number of hydrogen-bond donors (Lipinski definition) is 0. The number of unbranched alkanes of at least 4 members (excludes halogenated alkanes) is 33. The van der Waals surface area contributed by atoms with Crippen LogP contribution in [0, 0.1) is 0 Å². The molecule has 0 heterocycles. The van der Waals surface area contributed by atoms with Crippen LogP contribution < -0.4 is 0 Å². The van der Waals surface area contributed by atoms with Gasteiger partial charge in [0.1, 0.15) is 13.2 Å². The first-order chi connectivity index (χ1) is 38.5. The van der Waals surface area contributed by atoms with E-state index in [1.165, 1.54) is 167 Å². The average molecular weight is 1090 g/mol. The van der Waals surface area contributed by atoms with Gasteiger partial charge < -0.3 is 14.2 Å². The highest BCUT2D eigenvalue weighted by atomic mass is 16.6. The Hall–Kier alpha value is -3.67. The molecule has 0 aromatic carbocycles. The second kappa shape index (κ2) is 65.8. The lowest BCUT2D eigenvalue weighted by atomic mass is 10.0. The molecule has 78 heavy (non-hydrogen) atoms. The number of allylic oxidation sites excluding steroid dienone is 16. The van der Waals surface area contributed by atoms with Crippen molar-refractivity contribution < 1.29 is 28.6 Å². The van der Waals surface area contributed by atoms with Gasteiger partial charge in [-0.3, -0.25) is 14.4 Å². The summed E-state index contributed by atoms with van der Waals surface area (Å²) in [6.07, 6.45) is 88.5. The van der Waals surface area contributed by atoms with Gasteiger partial charge >= 0.3 is 17.9 Å². The highest BCUT2D eigenvalue weighted by Gasteiger charge is 2.19. The van der Waals surface area contributed by atoms with Crippen molar-refractivity contribution in [3.05, 3.63) is 97.2 Å². The van der Waals surface area contributed by atoms with Gasteiger partial charge in [0, 0.05) is 19.3 Å². The predicted molar refractivity (Wildman–Crippen MR) is 339 cm³/mol. The lowest BCUT2D eigenvalue weighted by molar-refractivity contribution is -0.167. The molecule has 0 spiro atoms. The van der Waals surface area contributed by atoms with Crippen LogP contribution in [-0.2, 0) is 28.6 Å². The molecule has 448 valence electrons. The molecule has 1 atom stereocenters. The minimum Gasteiger partial charge on any atom is -0.462 e. The fraction of sp³-hybridized carbons (Fsp3) is 0.736.